The number of benzene rings is 2. The van der Waals surface area contributed by atoms with E-state index in [4.69, 9.17) is 4.98 Å². The second-order valence-electron chi connectivity index (χ2n) is 7.44. The lowest BCUT2D eigenvalue weighted by Crippen LogP contribution is -2.39. The Balaban J connectivity index is 1.71. The summed E-state index contributed by atoms with van der Waals surface area (Å²) in [5.41, 5.74) is 4.20. The van der Waals surface area contributed by atoms with Gasteiger partial charge in [-0.25, -0.2) is 4.98 Å². The smallest absolute Gasteiger partial charge is 0.242 e. The second-order valence-corrected chi connectivity index (χ2v) is 7.44. The molecule has 4 heteroatoms. The number of amides is 1. The first kappa shape index (κ1) is 16.8. The number of imidazole rings is 1. The minimum absolute atomic E-state index is 0.189. The molecule has 0 saturated carbocycles. The van der Waals surface area contributed by atoms with Crippen molar-refractivity contribution in [2.45, 2.75) is 33.2 Å². The first-order valence-corrected chi connectivity index (χ1v) is 9.42. The maximum absolute atomic E-state index is 12.9. The van der Waals surface area contributed by atoms with Gasteiger partial charge in [0.15, 0.2) is 0 Å². The Morgan fingerprint density at radius 1 is 1.12 bits per heavy atom. The van der Waals surface area contributed by atoms with Gasteiger partial charge in [-0.3, -0.25) is 4.79 Å². The molecule has 0 radical (unpaired) electrons. The number of fused-ring (bicyclic) bond motifs is 1. The Hall–Kier alpha value is -2.62. The van der Waals surface area contributed by atoms with Crippen molar-refractivity contribution < 1.29 is 4.79 Å². The zero-order chi connectivity index (χ0) is 18.1. The van der Waals surface area contributed by atoms with Crippen LogP contribution >= 0.6 is 0 Å². The Labute approximate surface area is 154 Å². The van der Waals surface area contributed by atoms with Crippen molar-refractivity contribution >= 4 is 16.9 Å². The summed E-state index contributed by atoms with van der Waals surface area (Å²) in [6.07, 6.45) is 2.20. The minimum Gasteiger partial charge on any atom is -0.341 e. The molecule has 134 valence electrons. The lowest BCUT2D eigenvalue weighted by Gasteiger charge is -2.30. The SMILES string of the molecule is Cc1cccc(-c2nc3ccccc3n2CC(=O)N2CCC(C)CC2)c1. The molecule has 1 aliphatic heterocycles. The molecule has 2 heterocycles. The molecule has 0 spiro atoms. The number of hydrogen-bond donors (Lipinski definition) is 0. The van der Waals surface area contributed by atoms with Crippen molar-refractivity contribution in [1.29, 1.82) is 0 Å². The molecule has 4 nitrogen and oxygen atoms in total. The number of likely N-dealkylation sites (tertiary alicyclic amines) is 1. The predicted molar refractivity (Wildman–Crippen MR) is 105 cm³/mol. The second kappa shape index (κ2) is 6.94. The van der Waals surface area contributed by atoms with E-state index in [9.17, 15) is 4.79 Å². The Kier molecular flexibility index (Phi) is 4.49. The van der Waals surface area contributed by atoms with Crippen LogP contribution in [0.1, 0.15) is 25.3 Å². The van der Waals surface area contributed by atoms with Crippen LogP contribution in [0.2, 0.25) is 0 Å². The highest BCUT2D eigenvalue weighted by atomic mass is 16.2. The lowest BCUT2D eigenvalue weighted by molar-refractivity contribution is -0.133. The highest BCUT2D eigenvalue weighted by Gasteiger charge is 2.22. The Morgan fingerprint density at radius 2 is 1.88 bits per heavy atom. The molecule has 0 unspecified atom stereocenters. The molecular weight excluding hydrogens is 322 g/mol. The molecule has 0 bridgehead atoms. The third-order valence-electron chi connectivity index (χ3n) is 5.36. The van der Waals surface area contributed by atoms with Gasteiger partial charge in [0, 0.05) is 18.7 Å². The number of aryl methyl sites for hydroxylation is 1. The normalized spacial score (nSPS) is 15.5. The van der Waals surface area contributed by atoms with Crippen LogP contribution in [-0.2, 0) is 11.3 Å². The highest BCUT2D eigenvalue weighted by Crippen LogP contribution is 2.26. The molecule has 3 aromatic rings. The largest absolute Gasteiger partial charge is 0.341 e. The molecule has 1 fully saturated rings. The van der Waals surface area contributed by atoms with Gasteiger partial charge in [0.2, 0.25) is 5.91 Å². The monoisotopic (exact) mass is 347 g/mol. The van der Waals surface area contributed by atoms with Crippen molar-refractivity contribution in [2.75, 3.05) is 13.1 Å². The molecule has 1 aliphatic rings. The highest BCUT2D eigenvalue weighted by molar-refractivity contribution is 5.84. The van der Waals surface area contributed by atoms with Crippen LogP contribution in [0.5, 0.6) is 0 Å². The van der Waals surface area contributed by atoms with Gasteiger partial charge in [0.25, 0.3) is 0 Å². The van der Waals surface area contributed by atoms with Crippen LogP contribution < -0.4 is 0 Å². The van der Waals surface area contributed by atoms with Crippen LogP contribution in [0.15, 0.2) is 48.5 Å². The molecule has 1 amide bonds. The number of aromatic nitrogens is 2. The van der Waals surface area contributed by atoms with E-state index in [1.54, 1.807) is 0 Å². The van der Waals surface area contributed by atoms with E-state index >= 15 is 0 Å². The fraction of sp³-hybridized carbons (Fsp3) is 0.364. The standard InChI is InChI=1S/C22H25N3O/c1-16-10-12-24(13-11-16)21(26)15-25-20-9-4-3-8-19(20)23-22(25)18-7-5-6-17(2)14-18/h3-9,14,16H,10-13,15H2,1-2H3. The Morgan fingerprint density at radius 3 is 2.65 bits per heavy atom. The van der Waals surface area contributed by atoms with Gasteiger partial charge in [0.1, 0.15) is 12.4 Å². The van der Waals surface area contributed by atoms with Crippen molar-refractivity contribution in [3.8, 4) is 11.4 Å². The average Bonchev–Trinajstić information content (AvgIpc) is 3.01. The topological polar surface area (TPSA) is 38.1 Å². The molecule has 1 aromatic heterocycles. The van der Waals surface area contributed by atoms with Gasteiger partial charge >= 0.3 is 0 Å². The van der Waals surface area contributed by atoms with Crippen molar-refractivity contribution in [3.63, 3.8) is 0 Å². The average molecular weight is 347 g/mol. The van der Waals surface area contributed by atoms with Crippen LogP contribution in [0.3, 0.4) is 0 Å². The van der Waals surface area contributed by atoms with Crippen molar-refractivity contribution in [2.24, 2.45) is 5.92 Å². The maximum atomic E-state index is 12.9. The molecule has 0 N–H and O–H groups in total. The minimum atomic E-state index is 0.189. The van der Waals surface area contributed by atoms with Crippen LogP contribution in [0, 0.1) is 12.8 Å². The maximum Gasteiger partial charge on any atom is 0.242 e. The van der Waals surface area contributed by atoms with Gasteiger partial charge in [-0.1, -0.05) is 42.8 Å². The fourth-order valence-electron chi connectivity index (χ4n) is 3.73. The molecule has 0 atom stereocenters. The van der Waals surface area contributed by atoms with Gasteiger partial charge in [-0.2, -0.15) is 0 Å². The van der Waals surface area contributed by atoms with Crippen LogP contribution in [0.25, 0.3) is 22.4 Å². The molecule has 26 heavy (non-hydrogen) atoms. The van der Waals surface area contributed by atoms with Gasteiger partial charge < -0.3 is 9.47 Å². The number of hydrogen-bond acceptors (Lipinski definition) is 2. The van der Waals surface area contributed by atoms with Crippen LogP contribution in [0.4, 0.5) is 0 Å². The quantitative estimate of drug-likeness (QED) is 0.710. The summed E-state index contributed by atoms with van der Waals surface area (Å²) < 4.78 is 2.07. The van der Waals surface area contributed by atoms with Gasteiger partial charge in [-0.15, -0.1) is 0 Å². The third kappa shape index (κ3) is 3.24. The summed E-state index contributed by atoms with van der Waals surface area (Å²) in [7, 11) is 0. The first-order chi connectivity index (χ1) is 12.6. The number of carbonyl (C=O) groups excluding carboxylic acids is 1. The molecular formula is C22H25N3O. The molecule has 1 saturated heterocycles. The van der Waals surface area contributed by atoms with E-state index in [0.717, 1.165) is 54.3 Å². The zero-order valence-electron chi connectivity index (χ0n) is 15.5. The first-order valence-electron chi connectivity index (χ1n) is 9.42. The van der Waals surface area contributed by atoms with Crippen molar-refractivity contribution in [3.05, 3.63) is 54.1 Å². The predicted octanol–water partition coefficient (Wildman–Crippen LogP) is 4.27. The Bertz CT molecular complexity index is 935. The molecule has 2 aromatic carbocycles. The number of carbonyl (C=O) groups is 1. The van der Waals surface area contributed by atoms with E-state index in [-0.39, 0.29) is 5.91 Å². The summed E-state index contributed by atoms with van der Waals surface area (Å²) in [5, 5.41) is 0. The number of rotatable bonds is 3. The molecule has 4 rings (SSSR count). The zero-order valence-corrected chi connectivity index (χ0v) is 15.5. The number of para-hydroxylation sites is 2. The summed E-state index contributed by atoms with van der Waals surface area (Å²) in [6, 6.07) is 16.4. The summed E-state index contributed by atoms with van der Waals surface area (Å²) in [5.74, 6) is 1.78. The van der Waals surface area contributed by atoms with Crippen LogP contribution in [-0.4, -0.2) is 33.4 Å². The molecule has 0 aliphatic carbocycles. The number of piperidine rings is 1. The van der Waals surface area contributed by atoms with E-state index < -0.39 is 0 Å². The van der Waals surface area contributed by atoms with Gasteiger partial charge in [0.05, 0.1) is 11.0 Å². The van der Waals surface area contributed by atoms with Gasteiger partial charge in [-0.05, 0) is 43.9 Å². The van der Waals surface area contributed by atoms with E-state index in [0.29, 0.717) is 6.54 Å². The third-order valence-corrected chi connectivity index (χ3v) is 5.36. The van der Waals surface area contributed by atoms with E-state index in [1.165, 1.54) is 5.56 Å². The number of nitrogens with zero attached hydrogens (tertiary/aromatic N) is 3. The van der Waals surface area contributed by atoms with Crippen molar-refractivity contribution in [1.82, 2.24) is 14.5 Å². The lowest BCUT2D eigenvalue weighted by atomic mass is 9.99. The fourth-order valence-corrected chi connectivity index (χ4v) is 3.73. The summed E-state index contributed by atoms with van der Waals surface area (Å²) >= 11 is 0. The summed E-state index contributed by atoms with van der Waals surface area (Å²) in [4.78, 5) is 19.8. The van der Waals surface area contributed by atoms with E-state index in [2.05, 4.69) is 36.6 Å². The summed E-state index contributed by atoms with van der Waals surface area (Å²) in [6.45, 7) is 6.43. The van der Waals surface area contributed by atoms with E-state index in [1.807, 2.05) is 35.2 Å².